The predicted molar refractivity (Wildman–Crippen MR) is 73.5 cm³/mol. The molecule has 1 aromatic carbocycles. The van der Waals surface area contributed by atoms with E-state index in [2.05, 4.69) is 15.3 Å². The molecule has 5 heteroatoms. The molecule has 1 atom stereocenters. The molecule has 1 aromatic heterocycles. The van der Waals surface area contributed by atoms with E-state index < -0.39 is 0 Å². The summed E-state index contributed by atoms with van der Waals surface area (Å²) in [6, 6.07) is 10.0. The Labute approximate surface area is 111 Å². The topological polar surface area (TPSA) is 63.8 Å². The lowest BCUT2D eigenvalue weighted by Crippen LogP contribution is -2.15. The highest BCUT2D eigenvalue weighted by molar-refractivity contribution is 6.32. The molecule has 0 spiro atoms. The molecule has 4 nitrogen and oxygen atoms in total. The van der Waals surface area contributed by atoms with Crippen molar-refractivity contribution in [1.29, 1.82) is 0 Å². The van der Waals surface area contributed by atoms with Crippen molar-refractivity contribution in [2.75, 3.05) is 11.9 Å². The monoisotopic (exact) mass is 262 g/mol. The van der Waals surface area contributed by atoms with Crippen molar-refractivity contribution in [3.8, 4) is 0 Å². The van der Waals surface area contributed by atoms with Crippen LogP contribution in [0.3, 0.4) is 0 Å². The van der Waals surface area contributed by atoms with Crippen molar-refractivity contribution < 1.29 is 0 Å². The van der Waals surface area contributed by atoms with Crippen LogP contribution in [0, 0.1) is 0 Å². The van der Waals surface area contributed by atoms with Gasteiger partial charge in [0.25, 0.3) is 0 Å². The lowest BCUT2D eigenvalue weighted by Gasteiger charge is -2.13. The number of aromatic nitrogens is 2. The predicted octanol–water partition coefficient (Wildman–Crippen LogP) is 2.63. The number of nitrogens with zero attached hydrogens (tertiary/aromatic N) is 2. The molecule has 0 saturated carbocycles. The van der Waals surface area contributed by atoms with Crippen molar-refractivity contribution in [2.45, 2.75) is 12.5 Å². The normalized spacial score (nSPS) is 12.1. The summed E-state index contributed by atoms with van der Waals surface area (Å²) in [5.41, 5.74) is 7.22. The molecule has 0 aliphatic heterocycles. The minimum Gasteiger partial charge on any atom is -0.369 e. The Bertz CT molecular complexity index is 489. The average molecular weight is 263 g/mol. The molecule has 3 N–H and O–H groups in total. The number of benzene rings is 1. The lowest BCUT2D eigenvalue weighted by atomic mass is 10.1. The first-order valence-electron chi connectivity index (χ1n) is 5.77. The molecular formula is C13H15ClN4. The van der Waals surface area contributed by atoms with Gasteiger partial charge in [0.05, 0.1) is 6.20 Å². The Morgan fingerprint density at radius 1 is 1.28 bits per heavy atom. The fourth-order valence-corrected chi connectivity index (χ4v) is 1.83. The number of anilines is 1. The van der Waals surface area contributed by atoms with Crippen molar-refractivity contribution in [3.63, 3.8) is 0 Å². The average Bonchev–Trinajstić information content (AvgIpc) is 2.42. The largest absolute Gasteiger partial charge is 0.369 e. The molecule has 18 heavy (non-hydrogen) atoms. The number of hydrogen-bond donors (Lipinski definition) is 2. The quantitative estimate of drug-likeness (QED) is 0.870. The van der Waals surface area contributed by atoms with Crippen molar-refractivity contribution >= 4 is 17.4 Å². The van der Waals surface area contributed by atoms with Crippen LogP contribution in [-0.4, -0.2) is 16.5 Å². The molecule has 0 bridgehead atoms. The first-order chi connectivity index (χ1) is 8.77. The fraction of sp³-hybridized carbons (Fsp3) is 0.231. The first kappa shape index (κ1) is 12.8. The highest BCUT2D eigenvalue weighted by Gasteiger charge is 2.06. The van der Waals surface area contributed by atoms with Crippen LogP contribution >= 0.6 is 11.6 Å². The Balaban J connectivity index is 1.84. The number of halogens is 1. The maximum Gasteiger partial charge on any atom is 0.148 e. The summed E-state index contributed by atoms with van der Waals surface area (Å²) >= 11 is 5.94. The van der Waals surface area contributed by atoms with Crippen molar-refractivity contribution in [2.24, 2.45) is 5.73 Å². The van der Waals surface area contributed by atoms with Gasteiger partial charge >= 0.3 is 0 Å². The number of rotatable bonds is 5. The third-order valence-corrected chi connectivity index (χ3v) is 2.92. The van der Waals surface area contributed by atoms with Gasteiger partial charge in [-0.05, 0) is 12.0 Å². The summed E-state index contributed by atoms with van der Waals surface area (Å²) in [6.45, 7) is 0.715. The fourth-order valence-electron chi connectivity index (χ4n) is 1.66. The molecule has 0 amide bonds. The second-order valence-corrected chi connectivity index (χ2v) is 4.36. The van der Waals surface area contributed by atoms with Crippen LogP contribution in [0.1, 0.15) is 18.0 Å². The van der Waals surface area contributed by atoms with E-state index in [0.29, 0.717) is 17.4 Å². The molecule has 94 valence electrons. The smallest absolute Gasteiger partial charge is 0.148 e. The zero-order valence-electron chi connectivity index (χ0n) is 9.88. The van der Waals surface area contributed by atoms with E-state index in [4.69, 9.17) is 17.3 Å². The second-order valence-electron chi connectivity index (χ2n) is 3.95. The number of hydrogen-bond acceptors (Lipinski definition) is 4. The van der Waals surface area contributed by atoms with E-state index in [-0.39, 0.29) is 6.04 Å². The van der Waals surface area contributed by atoms with E-state index in [0.717, 1.165) is 12.0 Å². The lowest BCUT2D eigenvalue weighted by molar-refractivity contribution is 0.674. The highest BCUT2D eigenvalue weighted by atomic mass is 35.5. The SMILES string of the molecule is NC(CCNc1ncncc1Cl)c1ccccc1. The standard InChI is InChI=1S/C13H15ClN4/c14-11-8-16-9-18-13(11)17-7-6-12(15)10-4-2-1-3-5-10/h1-5,8-9,12H,6-7,15H2,(H,16,17,18). The van der Waals surface area contributed by atoms with Crippen molar-refractivity contribution in [3.05, 3.63) is 53.4 Å². The van der Waals surface area contributed by atoms with E-state index in [1.165, 1.54) is 6.33 Å². The van der Waals surface area contributed by atoms with Gasteiger partial charge in [0.15, 0.2) is 0 Å². The Morgan fingerprint density at radius 3 is 2.78 bits per heavy atom. The van der Waals surface area contributed by atoms with Gasteiger partial charge in [-0.3, -0.25) is 0 Å². The molecular weight excluding hydrogens is 248 g/mol. The molecule has 1 unspecified atom stereocenters. The van der Waals surface area contributed by atoms with E-state index in [1.807, 2.05) is 30.3 Å². The molecule has 0 fully saturated rings. The Kier molecular flexibility index (Phi) is 4.50. The van der Waals surface area contributed by atoms with Gasteiger partial charge in [-0.25, -0.2) is 9.97 Å². The number of nitrogens with two attached hydrogens (primary N) is 1. The Morgan fingerprint density at radius 2 is 2.06 bits per heavy atom. The van der Waals surface area contributed by atoms with Crippen LogP contribution in [0.4, 0.5) is 5.82 Å². The summed E-state index contributed by atoms with van der Waals surface area (Å²) in [7, 11) is 0. The van der Waals surface area contributed by atoms with E-state index >= 15 is 0 Å². The minimum atomic E-state index is 0.0133. The third kappa shape index (κ3) is 3.42. The Hall–Kier alpha value is -1.65. The molecule has 0 aliphatic carbocycles. The van der Waals surface area contributed by atoms with Crippen LogP contribution in [0.25, 0.3) is 0 Å². The van der Waals surface area contributed by atoms with Gasteiger partial charge in [0, 0.05) is 12.6 Å². The number of nitrogens with one attached hydrogen (secondary N) is 1. The van der Waals surface area contributed by atoms with Crippen LogP contribution in [0.2, 0.25) is 5.02 Å². The molecule has 0 saturated heterocycles. The highest BCUT2D eigenvalue weighted by Crippen LogP contribution is 2.17. The summed E-state index contributed by atoms with van der Waals surface area (Å²) in [6.07, 6.45) is 3.84. The zero-order chi connectivity index (χ0) is 12.8. The maximum absolute atomic E-state index is 6.09. The molecule has 0 radical (unpaired) electrons. The third-order valence-electron chi connectivity index (χ3n) is 2.64. The van der Waals surface area contributed by atoms with Crippen LogP contribution in [-0.2, 0) is 0 Å². The van der Waals surface area contributed by atoms with Crippen LogP contribution in [0.5, 0.6) is 0 Å². The summed E-state index contributed by atoms with van der Waals surface area (Å²) in [5.74, 6) is 0.645. The summed E-state index contributed by atoms with van der Waals surface area (Å²) < 4.78 is 0. The minimum absolute atomic E-state index is 0.0133. The second kappa shape index (κ2) is 6.33. The molecule has 1 heterocycles. The van der Waals surface area contributed by atoms with E-state index in [1.54, 1.807) is 6.20 Å². The summed E-state index contributed by atoms with van der Waals surface area (Å²) in [4.78, 5) is 7.88. The summed E-state index contributed by atoms with van der Waals surface area (Å²) in [5, 5.41) is 3.67. The zero-order valence-corrected chi connectivity index (χ0v) is 10.6. The van der Waals surface area contributed by atoms with Gasteiger partial charge in [-0.15, -0.1) is 0 Å². The molecule has 2 aromatic rings. The molecule has 0 aliphatic rings. The molecule has 2 rings (SSSR count). The van der Waals surface area contributed by atoms with Gasteiger partial charge in [0.1, 0.15) is 17.2 Å². The maximum atomic E-state index is 6.09. The van der Waals surface area contributed by atoms with Gasteiger partial charge in [0.2, 0.25) is 0 Å². The van der Waals surface area contributed by atoms with Gasteiger partial charge < -0.3 is 11.1 Å². The van der Waals surface area contributed by atoms with Crippen molar-refractivity contribution in [1.82, 2.24) is 9.97 Å². The van der Waals surface area contributed by atoms with Crippen LogP contribution in [0.15, 0.2) is 42.9 Å². The first-order valence-corrected chi connectivity index (χ1v) is 6.15. The van der Waals surface area contributed by atoms with Gasteiger partial charge in [-0.1, -0.05) is 41.9 Å². The van der Waals surface area contributed by atoms with Gasteiger partial charge in [-0.2, -0.15) is 0 Å². The van der Waals surface area contributed by atoms with Crippen LogP contribution < -0.4 is 11.1 Å². The van der Waals surface area contributed by atoms with E-state index in [9.17, 15) is 0 Å².